The molecule has 0 bridgehead atoms. The third kappa shape index (κ3) is 5.95. The molecule has 1 N–H and O–H groups in total. The monoisotopic (exact) mass is 496 g/mol. The number of nitrogens with one attached hydrogen (secondary N) is 1. The molecule has 0 aliphatic rings. The fraction of sp³-hybridized carbons (Fsp3) is 0.296. The molecular weight excluding hydrogens is 464 g/mol. The number of carbonyl (C=O) groups is 1. The molecule has 7 nitrogen and oxygen atoms in total. The highest BCUT2D eigenvalue weighted by Gasteiger charge is 2.30. The fourth-order valence-electron chi connectivity index (χ4n) is 3.94. The highest BCUT2D eigenvalue weighted by Crippen LogP contribution is 2.35. The molecule has 0 aromatic heterocycles. The van der Waals surface area contributed by atoms with Crippen LogP contribution in [-0.4, -0.2) is 35.1 Å². The van der Waals surface area contributed by atoms with Crippen molar-refractivity contribution >= 4 is 21.6 Å². The number of carbonyl (C=O) groups excluding carboxylic acids is 1. The minimum atomic E-state index is -4.10. The third-order valence-corrected chi connectivity index (χ3v) is 7.59. The maximum absolute atomic E-state index is 13.7. The van der Waals surface area contributed by atoms with Gasteiger partial charge in [-0.05, 0) is 63.1 Å². The van der Waals surface area contributed by atoms with E-state index in [1.165, 1.54) is 26.4 Å². The summed E-state index contributed by atoms with van der Waals surface area (Å²) in [5.41, 5.74) is 4.29. The molecule has 0 aliphatic heterocycles. The van der Waals surface area contributed by atoms with Gasteiger partial charge in [-0.2, -0.15) is 0 Å². The number of rotatable bonds is 9. The Bertz CT molecular complexity index is 1300. The highest BCUT2D eigenvalue weighted by molar-refractivity contribution is 7.92. The van der Waals surface area contributed by atoms with E-state index in [1.807, 2.05) is 45.9 Å². The first-order valence-corrected chi connectivity index (χ1v) is 12.7. The first-order chi connectivity index (χ1) is 16.6. The lowest BCUT2D eigenvalue weighted by Crippen LogP contribution is -2.41. The van der Waals surface area contributed by atoms with Crippen molar-refractivity contribution in [2.75, 3.05) is 25.1 Å². The van der Waals surface area contributed by atoms with Gasteiger partial charge in [0, 0.05) is 6.07 Å². The van der Waals surface area contributed by atoms with Crippen LogP contribution in [0.15, 0.2) is 65.6 Å². The Morgan fingerprint density at radius 1 is 0.914 bits per heavy atom. The predicted octanol–water partition coefficient (Wildman–Crippen LogP) is 4.70. The van der Waals surface area contributed by atoms with Gasteiger partial charge in [0.1, 0.15) is 18.0 Å². The Morgan fingerprint density at radius 2 is 1.57 bits per heavy atom. The normalized spacial score (nSPS) is 12.1. The number of ether oxygens (including phenoxy) is 2. The van der Waals surface area contributed by atoms with Crippen molar-refractivity contribution in [2.45, 2.75) is 38.6 Å². The third-order valence-electron chi connectivity index (χ3n) is 5.82. The van der Waals surface area contributed by atoms with E-state index in [2.05, 4.69) is 5.32 Å². The fourth-order valence-corrected chi connectivity index (χ4v) is 5.36. The summed E-state index contributed by atoms with van der Waals surface area (Å²) < 4.78 is 39.3. The van der Waals surface area contributed by atoms with Gasteiger partial charge in [-0.15, -0.1) is 0 Å². The Hall–Kier alpha value is -3.52. The lowest BCUT2D eigenvalue weighted by atomic mass is 10.0. The first-order valence-electron chi connectivity index (χ1n) is 11.2. The van der Waals surface area contributed by atoms with Crippen molar-refractivity contribution in [3.8, 4) is 11.5 Å². The van der Waals surface area contributed by atoms with Gasteiger partial charge in [0.25, 0.3) is 10.0 Å². The van der Waals surface area contributed by atoms with Gasteiger partial charge < -0.3 is 14.8 Å². The largest absolute Gasteiger partial charge is 0.497 e. The molecule has 3 rings (SSSR count). The van der Waals surface area contributed by atoms with Gasteiger partial charge in [0.05, 0.1) is 30.8 Å². The molecule has 1 amide bonds. The molecule has 3 aromatic rings. The molecule has 0 unspecified atom stereocenters. The summed E-state index contributed by atoms with van der Waals surface area (Å²) in [6, 6.07) is 17.0. The second-order valence-electron chi connectivity index (χ2n) is 8.51. The number of sulfonamides is 1. The van der Waals surface area contributed by atoms with Crippen molar-refractivity contribution in [1.29, 1.82) is 0 Å². The van der Waals surface area contributed by atoms with E-state index in [9.17, 15) is 13.2 Å². The molecule has 35 heavy (non-hydrogen) atoms. The van der Waals surface area contributed by atoms with Crippen LogP contribution in [0.25, 0.3) is 0 Å². The molecule has 0 radical (unpaired) electrons. The van der Waals surface area contributed by atoms with Crippen molar-refractivity contribution in [2.24, 2.45) is 0 Å². The number of nitrogens with zero attached hydrogens (tertiary/aromatic N) is 1. The van der Waals surface area contributed by atoms with Crippen LogP contribution in [0.5, 0.6) is 11.5 Å². The molecule has 8 heteroatoms. The van der Waals surface area contributed by atoms with Crippen molar-refractivity contribution in [3.63, 3.8) is 0 Å². The summed E-state index contributed by atoms with van der Waals surface area (Å²) in [6.07, 6.45) is 0. The summed E-state index contributed by atoms with van der Waals surface area (Å²) in [4.78, 5) is 13.3. The minimum absolute atomic E-state index is 0.0724. The maximum atomic E-state index is 13.7. The van der Waals surface area contributed by atoms with Crippen LogP contribution in [0.3, 0.4) is 0 Å². The van der Waals surface area contributed by atoms with Crippen LogP contribution in [0, 0.1) is 20.8 Å². The molecule has 1 atom stereocenters. The number of hydrogen-bond donors (Lipinski definition) is 1. The van der Waals surface area contributed by atoms with E-state index in [0.29, 0.717) is 11.5 Å². The summed E-state index contributed by atoms with van der Waals surface area (Å²) in [7, 11) is -1.16. The Balaban J connectivity index is 2.00. The molecular formula is C27H32N2O5S. The predicted molar refractivity (Wildman–Crippen MR) is 138 cm³/mol. The van der Waals surface area contributed by atoms with Crippen LogP contribution in [-0.2, 0) is 14.8 Å². The Morgan fingerprint density at radius 3 is 2.17 bits per heavy atom. The highest BCUT2D eigenvalue weighted by atomic mass is 32.2. The molecule has 3 aromatic carbocycles. The SMILES string of the molecule is COc1ccc(OC)c(N(CC(=O)N[C@H](C)c2ccc(C)cc2C)S(=O)(=O)c2ccc(C)cc2)c1. The summed E-state index contributed by atoms with van der Waals surface area (Å²) in [6.45, 7) is 7.31. The van der Waals surface area contributed by atoms with Crippen molar-refractivity contribution in [1.82, 2.24) is 5.32 Å². The van der Waals surface area contributed by atoms with E-state index in [4.69, 9.17) is 9.47 Å². The summed E-state index contributed by atoms with van der Waals surface area (Å²) in [5.74, 6) is 0.295. The van der Waals surface area contributed by atoms with Crippen molar-refractivity contribution < 1.29 is 22.7 Å². The number of aryl methyl sites for hydroxylation is 3. The molecule has 0 saturated heterocycles. The number of hydrogen-bond acceptors (Lipinski definition) is 5. The Labute approximate surface area is 207 Å². The van der Waals surface area contributed by atoms with Crippen LogP contribution >= 0.6 is 0 Å². The number of benzene rings is 3. The average molecular weight is 497 g/mol. The standard InChI is InChI=1S/C27H32N2O5S/c1-18-7-11-23(12-8-18)35(31,32)29(25-16-22(33-5)10-14-26(25)34-6)17-27(30)28-21(4)24-13-9-19(2)15-20(24)3/h7-16,21H,17H2,1-6H3,(H,28,30)/t21-/m1/s1. The van der Waals surface area contributed by atoms with E-state index in [1.54, 1.807) is 30.3 Å². The van der Waals surface area contributed by atoms with Crippen molar-refractivity contribution in [3.05, 3.63) is 82.9 Å². The van der Waals surface area contributed by atoms with E-state index >= 15 is 0 Å². The van der Waals surface area contributed by atoms with Gasteiger partial charge in [-0.1, -0.05) is 41.5 Å². The average Bonchev–Trinajstić information content (AvgIpc) is 2.82. The zero-order valence-electron chi connectivity index (χ0n) is 21.0. The smallest absolute Gasteiger partial charge is 0.264 e. The van der Waals surface area contributed by atoms with Gasteiger partial charge in [0.2, 0.25) is 5.91 Å². The van der Waals surface area contributed by atoms with Gasteiger partial charge in [-0.25, -0.2) is 8.42 Å². The number of amides is 1. The molecule has 0 saturated carbocycles. The van der Waals surface area contributed by atoms with Gasteiger partial charge >= 0.3 is 0 Å². The molecule has 0 spiro atoms. The molecule has 0 fully saturated rings. The Kier molecular flexibility index (Phi) is 8.07. The second-order valence-corrected chi connectivity index (χ2v) is 10.4. The quantitative estimate of drug-likeness (QED) is 0.464. The zero-order chi connectivity index (χ0) is 25.8. The van der Waals surface area contributed by atoms with Crippen LogP contribution < -0.4 is 19.1 Å². The van der Waals surface area contributed by atoms with Gasteiger partial charge in [0.15, 0.2) is 0 Å². The van der Waals surface area contributed by atoms with Crippen LogP contribution in [0.4, 0.5) is 5.69 Å². The van der Waals surface area contributed by atoms with Crippen LogP contribution in [0.1, 0.15) is 35.2 Å². The molecule has 0 heterocycles. The lowest BCUT2D eigenvalue weighted by molar-refractivity contribution is -0.120. The summed E-state index contributed by atoms with van der Waals surface area (Å²) >= 11 is 0. The zero-order valence-corrected chi connectivity index (χ0v) is 21.8. The molecule has 0 aliphatic carbocycles. The van der Waals surface area contributed by atoms with Crippen LogP contribution in [0.2, 0.25) is 0 Å². The topological polar surface area (TPSA) is 84.9 Å². The number of methoxy groups -OCH3 is 2. The minimum Gasteiger partial charge on any atom is -0.497 e. The summed E-state index contributed by atoms with van der Waals surface area (Å²) in [5, 5.41) is 2.94. The van der Waals surface area contributed by atoms with Gasteiger partial charge in [-0.3, -0.25) is 9.10 Å². The maximum Gasteiger partial charge on any atom is 0.264 e. The van der Waals surface area contributed by atoms with E-state index in [0.717, 1.165) is 26.6 Å². The molecule has 186 valence electrons. The number of anilines is 1. The lowest BCUT2D eigenvalue weighted by Gasteiger charge is -2.27. The first kappa shape index (κ1) is 26.1. The van der Waals surface area contributed by atoms with E-state index < -0.39 is 22.5 Å². The second kappa shape index (κ2) is 10.8. The van der Waals surface area contributed by atoms with E-state index in [-0.39, 0.29) is 16.6 Å².